The van der Waals surface area contributed by atoms with Crippen LogP contribution in [-0.4, -0.2) is 13.3 Å². The van der Waals surface area contributed by atoms with E-state index in [0.29, 0.717) is 0 Å². The minimum Gasteiger partial charge on any atom is -0.491 e. The summed E-state index contributed by atoms with van der Waals surface area (Å²) >= 11 is 0. The molecule has 0 aliphatic heterocycles. The first-order valence-corrected chi connectivity index (χ1v) is 6.92. The van der Waals surface area contributed by atoms with Crippen LogP contribution in [0.1, 0.15) is 49.1 Å². The van der Waals surface area contributed by atoms with Gasteiger partial charge in [-0.05, 0) is 36.5 Å². The Hall–Kier alpha value is -1.26. The second-order valence-electron chi connectivity index (χ2n) is 5.12. The Labute approximate surface area is 115 Å². The molecule has 20 heavy (non-hydrogen) atoms. The van der Waals surface area contributed by atoms with E-state index >= 15 is 0 Å². The van der Waals surface area contributed by atoms with Gasteiger partial charge >= 0.3 is 6.18 Å². The van der Waals surface area contributed by atoms with Gasteiger partial charge in [-0.25, -0.2) is 4.39 Å². The van der Waals surface area contributed by atoms with Crippen LogP contribution in [-0.2, 0) is 6.18 Å². The first-order valence-electron chi connectivity index (χ1n) is 6.92. The summed E-state index contributed by atoms with van der Waals surface area (Å²) in [4.78, 5) is 0. The molecule has 112 valence electrons. The summed E-state index contributed by atoms with van der Waals surface area (Å²) in [5, 5.41) is 0. The Kier molecular flexibility index (Phi) is 4.89. The van der Waals surface area contributed by atoms with E-state index < -0.39 is 18.4 Å². The van der Waals surface area contributed by atoms with Crippen LogP contribution in [0.3, 0.4) is 0 Å². The number of hydrogen-bond acceptors (Lipinski definition) is 1. The van der Waals surface area contributed by atoms with Crippen LogP contribution in [0, 0.1) is 0 Å². The normalized spacial score (nSPS) is 17.2. The van der Waals surface area contributed by atoms with Crippen LogP contribution in [0.25, 0.3) is 0 Å². The molecule has 2 rings (SSSR count). The molecule has 0 heterocycles. The average Bonchev–Trinajstić information content (AvgIpc) is 2.45. The fraction of sp³-hybridized carbons (Fsp3) is 0.600. The first-order chi connectivity index (χ1) is 9.52. The van der Waals surface area contributed by atoms with Gasteiger partial charge in [0.1, 0.15) is 19.0 Å². The lowest BCUT2D eigenvalue weighted by atomic mass is 9.83. The van der Waals surface area contributed by atoms with Crippen LogP contribution in [0.15, 0.2) is 18.2 Å². The Bertz CT molecular complexity index is 436. The Morgan fingerprint density at radius 1 is 1.10 bits per heavy atom. The summed E-state index contributed by atoms with van der Waals surface area (Å²) in [5.41, 5.74) is 0.0390. The van der Waals surface area contributed by atoms with Crippen molar-refractivity contribution in [3.63, 3.8) is 0 Å². The predicted octanol–water partition coefficient (Wildman–Crippen LogP) is 5.10. The third kappa shape index (κ3) is 3.64. The minimum atomic E-state index is -4.40. The van der Waals surface area contributed by atoms with E-state index in [2.05, 4.69) is 0 Å². The molecule has 0 aromatic heterocycles. The third-order valence-electron chi connectivity index (χ3n) is 3.72. The second kappa shape index (κ2) is 6.46. The van der Waals surface area contributed by atoms with Crippen molar-refractivity contribution in [3.05, 3.63) is 29.3 Å². The highest BCUT2D eigenvalue weighted by Crippen LogP contribution is 2.40. The van der Waals surface area contributed by atoms with E-state index in [-0.39, 0.29) is 18.3 Å². The molecule has 1 aliphatic rings. The van der Waals surface area contributed by atoms with Gasteiger partial charge < -0.3 is 4.74 Å². The molecule has 1 nitrogen and oxygen atoms in total. The van der Waals surface area contributed by atoms with Gasteiger partial charge in [-0.15, -0.1) is 0 Å². The van der Waals surface area contributed by atoms with Crippen molar-refractivity contribution in [2.24, 2.45) is 0 Å². The molecule has 0 radical (unpaired) electrons. The van der Waals surface area contributed by atoms with Gasteiger partial charge in [0, 0.05) is 0 Å². The summed E-state index contributed by atoms with van der Waals surface area (Å²) in [7, 11) is 0. The molecular formula is C15H18F4O. The Balaban J connectivity index is 2.29. The lowest BCUT2D eigenvalue weighted by molar-refractivity contribution is -0.137. The lowest BCUT2D eigenvalue weighted by Gasteiger charge is -2.24. The fourth-order valence-electron chi connectivity index (χ4n) is 2.74. The highest BCUT2D eigenvalue weighted by atomic mass is 19.4. The summed E-state index contributed by atoms with van der Waals surface area (Å²) < 4.78 is 55.6. The quantitative estimate of drug-likeness (QED) is 0.701. The molecular weight excluding hydrogens is 272 g/mol. The second-order valence-corrected chi connectivity index (χ2v) is 5.12. The van der Waals surface area contributed by atoms with Gasteiger partial charge in [-0.1, -0.05) is 25.3 Å². The van der Waals surface area contributed by atoms with E-state index in [1.807, 2.05) is 0 Å². The monoisotopic (exact) mass is 290 g/mol. The molecule has 0 unspecified atom stereocenters. The fourth-order valence-corrected chi connectivity index (χ4v) is 2.74. The SMILES string of the molecule is FCCOc1cc(C(F)(F)F)ccc1C1CCCCC1. The number of benzene rings is 1. The van der Waals surface area contributed by atoms with Crippen LogP contribution in [0.5, 0.6) is 5.75 Å². The van der Waals surface area contributed by atoms with E-state index in [0.717, 1.165) is 49.8 Å². The molecule has 0 amide bonds. The molecule has 0 spiro atoms. The van der Waals surface area contributed by atoms with Crippen LogP contribution in [0.2, 0.25) is 0 Å². The minimum absolute atomic E-state index is 0.185. The van der Waals surface area contributed by atoms with E-state index in [1.165, 1.54) is 6.07 Å². The topological polar surface area (TPSA) is 9.23 Å². The zero-order chi connectivity index (χ0) is 14.6. The summed E-state index contributed by atoms with van der Waals surface area (Å²) in [6.45, 7) is -0.915. The summed E-state index contributed by atoms with van der Waals surface area (Å²) in [6.07, 6.45) is 0.827. The van der Waals surface area contributed by atoms with E-state index in [1.54, 1.807) is 0 Å². The molecule has 1 saturated carbocycles. The molecule has 1 aliphatic carbocycles. The maximum Gasteiger partial charge on any atom is 0.416 e. The van der Waals surface area contributed by atoms with E-state index in [4.69, 9.17) is 4.74 Å². The standard InChI is InChI=1S/C15H18F4O/c16-8-9-20-14-10-12(15(17,18)19)6-7-13(14)11-4-2-1-3-5-11/h6-7,10-11H,1-5,8-9H2. The van der Waals surface area contributed by atoms with Gasteiger partial charge in [-0.2, -0.15) is 13.2 Å². The zero-order valence-corrected chi connectivity index (χ0v) is 11.2. The van der Waals surface area contributed by atoms with Gasteiger partial charge in [0.15, 0.2) is 0 Å². The van der Waals surface area contributed by atoms with Crippen molar-refractivity contribution in [3.8, 4) is 5.75 Å². The Morgan fingerprint density at radius 3 is 2.40 bits per heavy atom. The summed E-state index contributed by atoms with van der Waals surface area (Å²) in [5.74, 6) is 0.407. The number of alkyl halides is 4. The van der Waals surface area contributed by atoms with Crippen molar-refractivity contribution in [1.82, 2.24) is 0 Å². The Morgan fingerprint density at radius 2 is 1.80 bits per heavy atom. The smallest absolute Gasteiger partial charge is 0.416 e. The van der Waals surface area contributed by atoms with Crippen molar-refractivity contribution in [2.45, 2.75) is 44.2 Å². The highest BCUT2D eigenvalue weighted by molar-refractivity contribution is 5.41. The van der Waals surface area contributed by atoms with Crippen molar-refractivity contribution in [1.29, 1.82) is 0 Å². The molecule has 1 aromatic rings. The average molecular weight is 290 g/mol. The zero-order valence-electron chi connectivity index (χ0n) is 11.2. The van der Waals surface area contributed by atoms with E-state index in [9.17, 15) is 17.6 Å². The number of hydrogen-bond donors (Lipinski definition) is 0. The summed E-state index contributed by atoms with van der Waals surface area (Å²) in [6, 6.07) is 3.58. The van der Waals surface area contributed by atoms with Crippen LogP contribution >= 0.6 is 0 Å². The predicted molar refractivity (Wildman–Crippen MR) is 68.7 cm³/mol. The highest BCUT2D eigenvalue weighted by Gasteiger charge is 2.32. The molecule has 1 aromatic carbocycles. The van der Waals surface area contributed by atoms with Crippen molar-refractivity contribution < 1.29 is 22.3 Å². The van der Waals surface area contributed by atoms with Gasteiger partial charge in [0.05, 0.1) is 5.56 Å². The van der Waals surface area contributed by atoms with Gasteiger partial charge in [0.25, 0.3) is 0 Å². The third-order valence-corrected chi connectivity index (χ3v) is 3.72. The maximum atomic E-state index is 12.7. The van der Waals surface area contributed by atoms with Gasteiger partial charge in [-0.3, -0.25) is 0 Å². The molecule has 0 N–H and O–H groups in total. The van der Waals surface area contributed by atoms with Crippen LogP contribution in [0.4, 0.5) is 17.6 Å². The molecule has 0 bridgehead atoms. The number of halogens is 4. The first kappa shape index (κ1) is 15.1. The van der Waals surface area contributed by atoms with Crippen molar-refractivity contribution >= 4 is 0 Å². The molecule has 1 fully saturated rings. The largest absolute Gasteiger partial charge is 0.491 e. The number of ether oxygens (including phenoxy) is 1. The maximum absolute atomic E-state index is 12.7. The van der Waals surface area contributed by atoms with Crippen LogP contribution < -0.4 is 4.74 Å². The molecule has 0 saturated heterocycles. The van der Waals surface area contributed by atoms with Crippen molar-refractivity contribution in [2.75, 3.05) is 13.3 Å². The lowest BCUT2D eigenvalue weighted by Crippen LogP contribution is -2.11. The molecule has 5 heteroatoms. The molecule has 0 atom stereocenters. The number of rotatable bonds is 4. The van der Waals surface area contributed by atoms with Gasteiger partial charge in [0.2, 0.25) is 0 Å².